The first kappa shape index (κ1) is 55.4. The lowest BCUT2D eigenvalue weighted by atomic mass is 10.0. The number of primary amides is 2. The fraction of sp³-hybridized carbons (Fsp3) is 0.431. The molecule has 4 aromatic rings. The first-order valence-electron chi connectivity index (χ1n) is 24.3. The maximum absolute atomic E-state index is 14.5. The standard InChI is InChI=1S/C51H66ClN11O9/c1-2-3-21-43(64)60-42-28-45(66)55-24-10-9-19-38(46(53)67)61-50(71)41(27-33-30-57-37-18-8-7-16-35(33)37)63-48(69)39(20-12-25-56-51(54)72)62-49(70)40(26-31-13-5-4-6-14-31)59-44(65)23-22-34-32(29-58-47(42)68)15-11-17-36(34)52/h4-8,11,13-18,30,38-42,57H,2-3,9-10,12,19-29H2,1H3,(H2,53,67)(H,55,66)(H,58,68)(H,59,65)(H,60,64)(H,61,71)(H,62,70)(H,63,69)(H3,54,56,72)/t38-,39-,40+,41-,42-/m0/s1. The fourth-order valence-electron chi connectivity index (χ4n) is 8.31. The van der Waals surface area contributed by atoms with Crippen molar-refractivity contribution in [2.75, 3.05) is 13.1 Å². The number of carbonyl (C=O) groups is 9. The normalized spacial score (nSPS) is 20.5. The zero-order valence-electron chi connectivity index (χ0n) is 40.4. The van der Waals surface area contributed by atoms with Crippen LogP contribution in [-0.2, 0) is 64.2 Å². The monoisotopic (exact) mass is 1010 g/mol. The summed E-state index contributed by atoms with van der Waals surface area (Å²) in [7, 11) is 0. The second-order valence-corrected chi connectivity index (χ2v) is 18.2. The number of urea groups is 1. The number of para-hydroxylation sites is 1. The van der Waals surface area contributed by atoms with Crippen LogP contribution in [0.2, 0.25) is 5.02 Å². The summed E-state index contributed by atoms with van der Waals surface area (Å²) in [6.07, 6.45) is 3.53. The highest BCUT2D eigenvalue weighted by atomic mass is 35.5. The van der Waals surface area contributed by atoms with Crippen molar-refractivity contribution in [3.05, 3.63) is 106 Å². The molecule has 5 atom stereocenters. The molecule has 0 fully saturated rings. The van der Waals surface area contributed by atoms with Gasteiger partial charge in [0.05, 0.1) is 6.42 Å². The Bertz CT molecular complexity index is 2540. The lowest BCUT2D eigenvalue weighted by molar-refractivity contribution is -0.134. The highest BCUT2D eigenvalue weighted by Crippen LogP contribution is 2.23. The molecule has 10 amide bonds. The number of unbranched alkanes of at least 4 members (excludes halogenated alkanes) is 1. The summed E-state index contributed by atoms with van der Waals surface area (Å²) in [6, 6.07) is 14.3. The molecule has 0 aliphatic carbocycles. The van der Waals surface area contributed by atoms with E-state index >= 15 is 0 Å². The van der Waals surface area contributed by atoms with Crippen LogP contribution in [0.25, 0.3) is 10.9 Å². The number of benzene rings is 3. The number of aromatic amines is 1. The Balaban J connectivity index is 1.48. The van der Waals surface area contributed by atoms with E-state index < -0.39 is 83.5 Å². The van der Waals surface area contributed by atoms with E-state index in [0.29, 0.717) is 46.5 Å². The number of hydrogen-bond donors (Lipinski definition) is 11. The maximum atomic E-state index is 14.5. The average molecular weight is 1010 g/mol. The van der Waals surface area contributed by atoms with Crippen LogP contribution in [0.3, 0.4) is 0 Å². The second kappa shape index (κ2) is 28.4. The van der Waals surface area contributed by atoms with E-state index in [-0.39, 0.29) is 77.4 Å². The minimum Gasteiger partial charge on any atom is -0.368 e. The molecule has 0 bridgehead atoms. The zero-order valence-corrected chi connectivity index (χ0v) is 41.2. The highest BCUT2D eigenvalue weighted by molar-refractivity contribution is 6.31. The Morgan fingerprint density at radius 3 is 2.18 bits per heavy atom. The van der Waals surface area contributed by atoms with Gasteiger partial charge in [-0.15, -0.1) is 0 Å². The fourth-order valence-corrected chi connectivity index (χ4v) is 8.60. The van der Waals surface area contributed by atoms with Gasteiger partial charge in [-0.25, -0.2) is 4.79 Å². The molecule has 5 rings (SSSR count). The molecule has 72 heavy (non-hydrogen) atoms. The molecule has 0 radical (unpaired) electrons. The van der Waals surface area contributed by atoms with Gasteiger partial charge in [-0.3, -0.25) is 38.4 Å². The molecule has 21 heteroatoms. The number of rotatable bonds is 13. The highest BCUT2D eigenvalue weighted by Gasteiger charge is 2.32. The number of nitrogens with one attached hydrogen (secondary N) is 9. The van der Waals surface area contributed by atoms with Crippen LogP contribution in [-0.4, -0.2) is 102 Å². The zero-order chi connectivity index (χ0) is 52.0. The van der Waals surface area contributed by atoms with Crippen LogP contribution in [0.4, 0.5) is 4.79 Å². The van der Waals surface area contributed by atoms with Crippen molar-refractivity contribution in [2.45, 2.75) is 127 Å². The summed E-state index contributed by atoms with van der Waals surface area (Å²) in [5.41, 5.74) is 14.3. The molecule has 2 heterocycles. The SMILES string of the molecule is CCCCC(=O)N[C@H]1CC(=O)NCCCC[C@@H](C(N)=O)NC(=O)[C@H](Cc2c[nH]c3ccccc23)NC(=O)[C@H](CCCNC(N)=O)NC(=O)[C@@H](Cc2ccccc2)NC(=O)CCc2c(Cl)cccc2CNC1=O. The first-order chi connectivity index (χ1) is 34.6. The van der Waals surface area contributed by atoms with E-state index in [2.05, 4.69) is 47.5 Å². The Morgan fingerprint density at radius 2 is 1.43 bits per heavy atom. The Hall–Kier alpha value is -7.48. The summed E-state index contributed by atoms with van der Waals surface area (Å²) in [4.78, 5) is 124. The van der Waals surface area contributed by atoms with Gasteiger partial charge in [-0.2, -0.15) is 0 Å². The van der Waals surface area contributed by atoms with E-state index in [9.17, 15) is 43.2 Å². The number of hydrogen-bond acceptors (Lipinski definition) is 9. The Morgan fingerprint density at radius 1 is 0.722 bits per heavy atom. The van der Waals surface area contributed by atoms with Gasteiger partial charge in [0, 0.05) is 67.4 Å². The largest absolute Gasteiger partial charge is 0.368 e. The van der Waals surface area contributed by atoms with Gasteiger partial charge in [-0.1, -0.05) is 85.6 Å². The van der Waals surface area contributed by atoms with Crippen molar-refractivity contribution in [1.82, 2.24) is 47.5 Å². The Kier molecular flexibility index (Phi) is 21.9. The average Bonchev–Trinajstić information content (AvgIpc) is 3.76. The predicted molar refractivity (Wildman–Crippen MR) is 270 cm³/mol. The number of nitrogens with two attached hydrogens (primary N) is 2. The maximum Gasteiger partial charge on any atom is 0.312 e. The number of H-pyrrole nitrogens is 1. The third-order valence-electron chi connectivity index (χ3n) is 12.2. The molecule has 1 aliphatic rings. The van der Waals surface area contributed by atoms with Gasteiger partial charge >= 0.3 is 6.03 Å². The molecule has 386 valence electrons. The van der Waals surface area contributed by atoms with Crippen molar-refractivity contribution >= 4 is 75.8 Å². The number of amides is 10. The van der Waals surface area contributed by atoms with E-state index in [4.69, 9.17) is 23.1 Å². The lowest BCUT2D eigenvalue weighted by Gasteiger charge is -2.26. The quantitative estimate of drug-likeness (QED) is 0.0873. The van der Waals surface area contributed by atoms with Gasteiger partial charge in [0.15, 0.2) is 0 Å². The lowest BCUT2D eigenvalue weighted by Crippen LogP contribution is -2.58. The van der Waals surface area contributed by atoms with Crippen LogP contribution < -0.4 is 54.0 Å². The second-order valence-electron chi connectivity index (χ2n) is 17.8. The summed E-state index contributed by atoms with van der Waals surface area (Å²) in [5.74, 6) is -5.15. The molecular weight excluding hydrogens is 946 g/mol. The van der Waals surface area contributed by atoms with Crippen LogP contribution in [0.15, 0.2) is 79.0 Å². The first-order valence-corrected chi connectivity index (χ1v) is 24.7. The molecule has 1 aromatic heterocycles. The summed E-state index contributed by atoms with van der Waals surface area (Å²) in [6.45, 7) is 2.04. The van der Waals surface area contributed by atoms with Crippen LogP contribution >= 0.6 is 11.6 Å². The van der Waals surface area contributed by atoms with Crippen molar-refractivity contribution in [2.24, 2.45) is 11.5 Å². The van der Waals surface area contributed by atoms with Gasteiger partial charge < -0.3 is 59.0 Å². The molecule has 1 aliphatic heterocycles. The molecule has 3 aromatic carbocycles. The number of halogens is 1. The minimum absolute atomic E-state index is 0.0215. The van der Waals surface area contributed by atoms with Crippen molar-refractivity contribution < 1.29 is 43.2 Å². The molecular formula is C51H66ClN11O9. The van der Waals surface area contributed by atoms with Crippen molar-refractivity contribution in [3.63, 3.8) is 0 Å². The van der Waals surface area contributed by atoms with Gasteiger partial charge in [0.2, 0.25) is 47.3 Å². The van der Waals surface area contributed by atoms with Crippen molar-refractivity contribution in [3.8, 4) is 0 Å². The molecule has 13 N–H and O–H groups in total. The van der Waals surface area contributed by atoms with Crippen LogP contribution in [0.5, 0.6) is 0 Å². The summed E-state index contributed by atoms with van der Waals surface area (Å²) < 4.78 is 0. The molecule has 0 saturated heterocycles. The molecule has 0 saturated carbocycles. The van der Waals surface area contributed by atoms with Crippen LogP contribution in [0, 0.1) is 0 Å². The Labute approximate surface area is 423 Å². The molecule has 0 unspecified atom stereocenters. The van der Waals surface area contributed by atoms with E-state index in [1.54, 1.807) is 54.7 Å². The topological polar surface area (TPSA) is 318 Å². The molecule has 20 nitrogen and oxygen atoms in total. The number of aromatic nitrogens is 1. The third-order valence-corrected chi connectivity index (χ3v) is 12.6. The summed E-state index contributed by atoms with van der Waals surface area (Å²) >= 11 is 6.68. The number of fused-ring (bicyclic) bond motifs is 2. The van der Waals surface area contributed by atoms with E-state index in [0.717, 1.165) is 17.3 Å². The third kappa shape index (κ3) is 17.7. The smallest absolute Gasteiger partial charge is 0.312 e. The number of carbonyl (C=O) groups excluding carboxylic acids is 9. The van der Waals surface area contributed by atoms with E-state index in [1.807, 2.05) is 31.2 Å². The summed E-state index contributed by atoms with van der Waals surface area (Å²) in [5, 5.41) is 22.9. The van der Waals surface area contributed by atoms with Crippen LogP contribution in [0.1, 0.15) is 93.4 Å². The molecule has 0 spiro atoms. The van der Waals surface area contributed by atoms with Crippen molar-refractivity contribution in [1.29, 1.82) is 0 Å². The van der Waals surface area contributed by atoms with Gasteiger partial charge in [-0.05, 0) is 79.3 Å². The predicted octanol–water partition coefficient (Wildman–Crippen LogP) is 2.09. The van der Waals surface area contributed by atoms with Gasteiger partial charge in [0.25, 0.3) is 0 Å². The van der Waals surface area contributed by atoms with E-state index in [1.165, 1.54) is 0 Å². The minimum atomic E-state index is -1.31. The van der Waals surface area contributed by atoms with Gasteiger partial charge in [0.1, 0.15) is 30.2 Å².